The average Bonchev–Trinajstić information content (AvgIpc) is 2.82. The van der Waals surface area contributed by atoms with Crippen LogP contribution in [0, 0.1) is 6.92 Å². The van der Waals surface area contributed by atoms with Crippen molar-refractivity contribution in [1.82, 2.24) is 9.97 Å². The summed E-state index contributed by atoms with van der Waals surface area (Å²) in [5.41, 5.74) is 2.18. The number of carbonyl (C=O) groups is 1. The number of amides is 1. The summed E-state index contributed by atoms with van der Waals surface area (Å²) in [6.07, 6.45) is 2.66. The van der Waals surface area contributed by atoms with Gasteiger partial charge in [0.15, 0.2) is 5.13 Å². The van der Waals surface area contributed by atoms with Crippen LogP contribution in [0.3, 0.4) is 0 Å². The zero-order valence-corrected chi connectivity index (χ0v) is 11.8. The van der Waals surface area contributed by atoms with Crippen molar-refractivity contribution >= 4 is 28.1 Å². The largest absolute Gasteiger partial charge is 0.385 e. The molecule has 0 atom stereocenters. The molecule has 0 radical (unpaired) electrons. The highest BCUT2D eigenvalue weighted by Gasteiger charge is 2.10. The van der Waals surface area contributed by atoms with Gasteiger partial charge in [-0.1, -0.05) is 6.92 Å². The third kappa shape index (κ3) is 3.75. The van der Waals surface area contributed by atoms with Crippen LogP contribution in [0.15, 0.2) is 23.7 Å². The van der Waals surface area contributed by atoms with Crippen LogP contribution in [-0.2, 0) is 0 Å². The Morgan fingerprint density at radius 2 is 2.32 bits per heavy atom. The Kier molecular flexibility index (Phi) is 4.46. The van der Waals surface area contributed by atoms with Crippen molar-refractivity contribution < 1.29 is 4.79 Å². The van der Waals surface area contributed by atoms with Crippen molar-refractivity contribution in [1.29, 1.82) is 0 Å². The number of rotatable bonds is 5. The lowest BCUT2D eigenvalue weighted by atomic mass is 10.3. The van der Waals surface area contributed by atoms with Crippen LogP contribution in [0.5, 0.6) is 0 Å². The number of aromatic nitrogens is 2. The van der Waals surface area contributed by atoms with E-state index >= 15 is 0 Å². The molecule has 19 heavy (non-hydrogen) atoms. The monoisotopic (exact) mass is 276 g/mol. The van der Waals surface area contributed by atoms with E-state index in [1.165, 1.54) is 11.3 Å². The molecule has 2 heterocycles. The van der Waals surface area contributed by atoms with Gasteiger partial charge in [-0.25, -0.2) is 4.98 Å². The van der Waals surface area contributed by atoms with Gasteiger partial charge in [0, 0.05) is 23.8 Å². The first-order valence-corrected chi connectivity index (χ1v) is 7.00. The van der Waals surface area contributed by atoms with Gasteiger partial charge in [-0.2, -0.15) is 0 Å². The predicted octanol–water partition coefficient (Wildman–Crippen LogP) is 2.92. The molecule has 0 aliphatic rings. The Morgan fingerprint density at radius 3 is 3.00 bits per heavy atom. The Balaban J connectivity index is 2.06. The molecule has 0 bridgehead atoms. The van der Waals surface area contributed by atoms with E-state index in [1.807, 2.05) is 18.4 Å². The van der Waals surface area contributed by atoms with Crippen LogP contribution in [-0.4, -0.2) is 22.4 Å². The fourth-order valence-corrected chi connectivity index (χ4v) is 2.19. The van der Waals surface area contributed by atoms with E-state index < -0.39 is 0 Å². The number of nitrogens with one attached hydrogen (secondary N) is 2. The van der Waals surface area contributed by atoms with Gasteiger partial charge >= 0.3 is 0 Å². The molecule has 6 heteroatoms. The third-order valence-corrected chi connectivity index (χ3v) is 3.29. The van der Waals surface area contributed by atoms with Gasteiger partial charge < -0.3 is 5.32 Å². The minimum absolute atomic E-state index is 0.241. The van der Waals surface area contributed by atoms with Crippen molar-refractivity contribution in [3.8, 4) is 0 Å². The van der Waals surface area contributed by atoms with Crippen LogP contribution >= 0.6 is 11.3 Å². The molecule has 2 aromatic rings. The molecule has 0 unspecified atom stereocenters. The number of pyridine rings is 1. The molecule has 0 saturated carbocycles. The molecule has 0 saturated heterocycles. The number of hydrogen-bond acceptors (Lipinski definition) is 5. The van der Waals surface area contributed by atoms with Gasteiger partial charge in [0.25, 0.3) is 5.91 Å². The molecular weight excluding hydrogens is 260 g/mol. The van der Waals surface area contributed by atoms with Crippen LogP contribution in [0.4, 0.5) is 10.8 Å². The summed E-state index contributed by atoms with van der Waals surface area (Å²) >= 11 is 1.40. The highest BCUT2D eigenvalue weighted by molar-refractivity contribution is 7.13. The summed E-state index contributed by atoms with van der Waals surface area (Å²) in [5.74, 6) is -0.241. The van der Waals surface area contributed by atoms with Gasteiger partial charge in [-0.15, -0.1) is 11.3 Å². The van der Waals surface area contributed by atoms with Gasteiger partial charge in [-0.3, -0.25) is 15.1 Å². The quantitative estimate of drug-likeness (QED) is 0.881. The zero-order chi connectivity index (χ0) is 13.7. The summed E-state index contributed by atoms with van der Waals surface area (Å²) in [4.78, 5) is 20.3. The highest BCUT2D eigenvalue weighted by atomic mass is 32.1. The predicted molar refractivity (Wildman–Crippen MR) is 77.8 cm³/mol. The topological polar surface area (TPSA) is 66.9 Å². The summed E-state index contributed by atoms with van der Waals surface area (Å²) in [6, 6.07) is 3.59. The molecule has 0 aliphatic carbocycles. The minimum atomic E-state index is -0.241. The standard InChI is InChI=1S/C13H16N4OS/c1-3-5-14-10-4-6-15-11(7-10)12(18)17-13-16-9(2)8-19-13/h4,6-8H,3,5H2,1-2H3,(H,14,15)(H,16,17,18). The maximum absolute atomic E-state index is 12.0. The maximum Gasteiger partial charge on any atom is 0.276 e. The second-order valence-corrected chi connectivity index (χ2v) is 4.96. The molecule has 0 fully saturated rings. The Morgan fingerprint density at radius 1 is 1.47 bits per heavy atom. The molecular formula is C13H16N4OS. The highest BCUT2D eigenvalue weighted by Crippen LogP contribution is 2.16. The Bertz CT molecular complexity index is 567. The van der Waals surface area contributed by atoms with E-state index in [0.717, 1.165) is 24.3 Å². The summed E-state index contributed by atoms with van der Waals surface area (Å²) in [7, 11) is 0. The second kappa shape index (κ2) is 6.29. The van der Waals surface area contributed by atoms with Crippen LogP contribution in [0.25, 0.3) is 0 Å². The Hall–Kier alpha value is -1.95. The summed E-state index contributed by atoms with van der Waals surface area (Å²) in [5, 5.41) is 8.45. The summed E-state index contributed by atoms with van der Waals surface area (Å²) in [6.45, 7) is 4.85. The average molecular weight is 276 g/mol. The summed E-state index contributed by atoms with van der Waals surface area (Å²) < 4.78 is 0. The van der Waals surface area contributed by atoms with E-state index in [4.69, 9.17) is 0 Å². The van der Waals surface area contributed by atoms with Crippen molar-refractivity contribution in [2.24, 2.45) is 0 Å². The molecule has 2 aromatic heterocycles. The number of hydrogen-bond donors (Lipinski definition) is 2. The molecule has 0 aliphatic heterocycles. The minimum Gasteiger partial charge on any atom is -0.385 e. The van der Waals surface area contributed by atoms with Gasteiger partial charge in [-0.05, 0) is 25.5 Å². The maximum atomic E-state index is 12.0. The van der Waals surface area contributed by atoms with Crippen LogP contribution in [0.2, 0.25) is 0 Å². The second-order valence-electron chi connectivity index (χ2n) is 4.10. The number of nitrogens with zero attached hydrogens (tertiary/aromatic N) is 2. The number of aryl methyl sites for hydroxylation is 1. The Labute approximate surface area is 116 Å². The van der Waals surface area contributed by atoms with Gasteiger partial charge in [0.2, 0.25) is 0 Å². The molecule has 0 aromatic carbocycles. The zero-order valence-electron chi connectivity index (χ0n) is 10.9. The van der Waals surface area contributed by atoms with Crippen molar-refractivity contribution in [2.45, 2.75) is 20.3 Å². The van der Waals surface area contributed by atoms with Crippen molar-refractivity contribution in [3.63, 3.8) is 0 Å². The fourth-order valence-electron chi connectivity index (χ4n) is 1.51. The first-order chi connectivity index (χ1) is 9.19. The molecule has 5 nitrogen and oxygen atoms in total. The molecule has 2 rings (SSSR count). The number of anilines is 2. The van der Waals surface area contributed by atoms with Gasteiger partial charge in [0.05, 0.1) is 5.69 Å². The van der Waals surface area contributed by atoms with E-state index in [2.05, 4.69) is 27.5 Å². The fraction of sp³-hybridized carbons (Fsp3) is 0.308. The molecule has 1 amide bonds. The van der Waals surface area contributed by atoms with Gasteiger partial charge in [0.1, 0.15) is 5.69 Å². The van der Waals surface area contributed by atoms with E-state index in [0.29, 0.717) is 10.8 Å². The smallest absolute Gasteiger partial charge is 0.276 e. The van der Waals surface area contributed by atoms with E-state index in [9.17, 15) is 4.79 Å². The molecule has 100 valence electrons. The normalized spacial score (nSPS) is 10.2. The third-order valence-electron chi connectivity index (χ3n) is 2.41. The lowest BCUT2D eigenvalue weighted by Gasteiger charge is -2.06. The van der Waals surface area contributed by atoms with Crippen molar-refractivity contribution in [3.05, 3.63) is 35.1 Å². The lowest BCUT2D eigenvalue weighted by molar-refractivity contribution is 0.102. The molecule has 2 N–H and O–H groups in total. The van der Waals surface area contributed by atoms with Crippen LogP contribution < -0.4 is 10.6 Å². The number of carbonyl (C=O) groups excluding carboxylic acids is 1. The van der Waals surface area contributed by atoms with Crippen LogP contribution in [0.1, 0.15) is 29.5 Å². The first kappa shape index (κ1) is 13.5. The van der Waals surface area contributed by atoms with E-state index in [1.54, 1.807) is 12.3 Å². The lowest BCUT2D eigenvalue weighted by Crippen LogP contribution is -2.14. The number of thiazole rings is 1. The van der Waals surface area contributed by atoms with E-state index in [-0.39, 0.29) is 5.91 Å². The molecule has 0 spiro atoms. The van der Waals surface area contributed by atoms with Crippen molar-refractivity contribution in [2.75, 3.05) is 17.2 Å². The SMILES string of the molecule is CCCNc1ccnc(C(=O)Nc2nc(C)cs2)c1. The first-order valence-electron chi connectivity index (χ1n) is 6.12.